The van der Waals surface area contributed by atoms with E-state index in [-0.39, 0.29) is 44.6 Å². The van der Waals surface area contributed by atoms with Crippen LogP contribution in [0.1, 0.15) is 19.4 Å². The van der Waals surface area contributed by atoms with E-state index >= 15 is 0 Å². The number of rotatable bonds is 5. The molecule has 0 aliphatic heterocycles. The van der Waals surface area contributed by atoms with E-state index < -0.39 is 10.9 Å². The van der Waals surface area contributed by atoms with Crippen LogP contribution in [0.5, 0.6) is 0 Å². The highest BCUT2D eigenvalue weighted by molar-refractivity contribution is 6.55. The van der Waals surface area contributed by atoms with E-state index in [1.807, 2.05) is 13.8 Å². The molecule has 1 fully saturated rings. The summed E-state index contributed by atoms with van der Waals surface area (Å²) in [6.07, 6.45) is 1.61. The summed E-state index contributed by atoms with van der Waals surface area (Å²) in [6, 6.07) is 4.21. The Hall–Kier alpha value is -1.30. The summed E-state index contributed by atoms with van der Waals surface area (Å²) in [7, 11) is 0. The normalized spacial score (nSPS) is 21.4. The minimum Gasteiger partial charge on any atom is -0.460 e. The molecule has 0 bridgehead atoms. The van der Waals surface area contributed by atoms with Gasteiger partial charge in [-0.3, -0.25) is 14.9 Å². The zero-order chi connectivity index (χ0) is 17.4. The predicted octanol–water partition coefficient (Wildman–Crippen LogP) is 4.88. The van der Waals surface area contributed by atoms with Crippen LogP contribution in [-0.2, 0) is 16.1 Å². The molecule has 1 aromatic carbocycles. The lowest BCUT2D eigenvalue weighted by Crippen LogP contribution is -2.11. The molecule has 0 amide bonds. The van der Waals surface area contributed by atoms with E-state index in [4.69, 9.17) is 39.5 Å². The first-order chi connectivity index (χ1) is 10.6. The van der Waals surface area contributed by atoms with Crippen LogP contribution in [0, 0.1) is 27.4 Å². The second-order valence-corrected chi connectivity index (χ2v) is 7.36. The van der Waals surface area contributed by atoms with Gasteiger partial charge in [0.25, 0.3) is 5.69 Å². The van der Waals surface area contributed by atoms with Gasteiger partial charge in [0.1, 0.15) is 11.1 Å². The number of nitro groups is 1. The fourth-order valence-corrected chi connectivity index (χ4v) is 3.08. The first kappa shape index (κ1) is 18.0. The molecule has 0 radical (unpaired) electrons. The summed E-state index contributed by atoms with van der Waals surface area (Å²) in [6.45, 7) is 3.62. The molecule has 2 rings (SSSR count). The number of nitrogens with zero attached hydrogens (tertiary/aromatic N) is 1. The molecule has 0 N–H and O–H groups in total. The van der Waals surface area contributed by atoms with Gasteiger partial charge in [-0.05, 0) is 29.5 Å². The number of esters is 1. The maximum Gasteiger partial charge on any atom is 0.310 e. The molecule has 1 saturated carbocycles. The smallest absolute Gasteiger partial charge is 0.310 e. The van der Waals surface area contributed by atoms with Crippen molar-refractivity contribution in [1.29, 1.82) is 0 Å². The van der Waals surface area contributed by atoms with E-state index in [9.17, 15) is 14.9 Å². The Kier molecular flexibility index (Phi) is 5.23. The van der Waals surface area contributed by atoms with Crippen LogP contribution in [0.15, 0.2) is 28.8 Å². The molecule has 0 aromatic heterocycles. The van der Waals surface area contributed by atoms with Gasteiger partial charge in [-0.15, -0.1) is 0 Å². The van der Waals surface area contributed by atoms with Crippen LogP contribution in [0.4, 0.5) is 5.69 Å². The average molecular weight is 379 g/mol. The Morgan fingerprint density at radius 3 is 2.65 bits per heavy atom. The van der Waals surface area contributed by atoms with E-state index in [0.717, 1.165) is 0 Å². The van der Waals surface area contributed by atoms with Crippen LogP contribution in [0.25, 0.3) is 0 Å². The zero-order valence-corrected chi connectivity index (χ0v) is 14.7. The molecule has 2 atom stereocenters. The number of hydrogen-bond donors (Lipinski definition) is 0. The fraction of sp³-hybridized carbons (Fsp3) is 0.400. The Balaban J connectivity index is 2.06. The van der Waals surface area contributed by atoms with Crippen molar-refractivity contribution in [1.82, 2.24) is 0 Å². The maximum absolute atomic E-state index is 12.2. The largest absolute Gasteiger partial charge is 0.460 e. The average Bonchev–Trinajstić information content (AvgIpc) is 2.97. The molecule has 0 spiro atoms. The first-order valence-electron chi connectivity index (χ1n) is 6.77. The van der Waals surface area contributed by atoms with Crippen LogP contribution in [0.3, 0.4) is 0 Å². The minimum absolute atomic E-state index is 0.103. The monoisotopic (exact) mass is 377 g/mol. The molecule has 1 aromatic rings. The van der Waals surface area contributed by atoms with E-state index in [1.165, 1.54) is 18.2 Å². The molecule has 23 heavy (non-hydrogen) atoms. The molecule has 8 heteroatoms. The number of hydrogen-bond acceptors (Lipinski definition) is 4. The van der Waals surface area contributed by atoms with Gasteiger partial charge in [-0.25, -0.2) is 0 Å². The van der Waals surface area contributed by atoms with Gasteiger partial charge in [0, 0.05) is 11.1 Å². The lowest BCUT2D eigenvalue weighted by molar-refractivity contribution is -0.385. The summed E-state index contributed by atoms with van der Waals surface area (Å²) in [5, 5.41) is 11.3. The molecule has 124 valence electrons. The van der Waals surface area contributed by atoms with Crippen molar-refractivity contribution in [2.24, 2.45) is 17.3 Å². The fourth-order valence-electron chi connectivity index (χ4n) is 2.64. The molecule has 1 aliphatic carbocycles. The number of carbonyl (C=O) groups excluding carboxylic acids is 1. The van der Waals surface area contributed by atoms with Gasteiger partial charge in [0.15, 0.2) is 0 Å². The van der Waals surface area contributed by atoms with Crippen molar-refractivity contribution in [3.8, 4) is 0 Å². The number of halogens is 3. The van der Waals surface area contributed by atoms with Crippen molar-refractivity contribution in [3.63, 3.8) is 0 Å². The molecular formula is C15H14Cl3NO4. The van der Waals surface area contributed by atoms with E-state index in [2.05, 4.69) is 0 Å². The Bertz CT molecular complexity index is 683. The van der Waals surface area contributed by atoms with Crippen molar-refractivity contribution < 1.29 is 14.5 Å². The van der Waals surface area contributed by atoms with Gasteiger partial charge >= 0.3 is 5.97 Å². The lowest BCUT2D eigenvalue weighted by Gasteiger charge is -2.07. The van der Waals surface area contributed by atoms with E-state index in [1.54, 1.807) is 6.08 Å². The quantitative estimate of drug-likeness (QED) is 0.416. The van der Waals surface area contributed by atoms with Crippen molar-refractivity contribution in [3.05, 3.63) is 49.5 Å². The van der Waals surface area contributed by atoms with Gasteiger partial charge < -0.3 is 4.74 Å². The van der Waals surface area contributed by atoms with Crippen molar-refractivity contribution in [2.45, 2.75) is 20.5 Å². The molecule has 0 saturated heterocycles. The van der Waals surface area contributed by atoms with Gasteiger partial charge in [0.05, 0.1) is 16.4 Å². The highest BCUT2D eigenvalue weighted by atomic mass is 35.5. The summed E-state index contributed by atoms with van der Waals surface area (Å²) >= 11 is 17.0. The van der Waals surface area contributed by atoms with Crippen LogP contribution >= 0.6 is 34.8 Å². The molecule has 2 unspecified atom stereocenters. The third-order valence-corrected chi connectivity index (χ3v) is 4.57. The van der Waals surface area contributed by atoms with Crippen molar-refractivity contribution >= 4 is 46.5 Å². The first-order valence-corrected chi connectivity index (χ1v) is 7.90. The predicted molar refractivity (Wildman–Crippen MR) is 88.5 cm³/mol. The summed E-state index contributed by atoms with van der Waals surface area (Å²) in [4.78, 5) is 22.7. The van der Waals surface area contributed by atoms with Gasteiger partial charge in [-0.1, -0.05) is 48.7 Å². The lowest BCUT2D eigenvalue weighted by atomic mass is 10.1. The van der Waals surface area contributed by atoms with Crippen LogP contribution in [0.2, 0.25) is 5.02 Å². The van der Waals surface area contributed by atoms with Crippen LogP contribution in [-0.4, -0.2) is 10.9 Å². The summed E-state index contributed by atoms with van der Waals surface area (Å²) in [5.41, 5.74) is -0.202. The Morgan fingerprint density at radius 2 is 2.09 bits per heavy atom. The number of carbonyl (C=O) groups is 1. The Morgan fingerprint density at radius 1 is 1.43 bits per heavy atom. The summed E-state index contributed by atoms with van der Waals surface area (Å²) < 4.78 is 5.33. The highest BCUT2D eigenvalue weighted by Gasteiger charge is 2.61. The van der Waals surface area contributed by atoms with Gasteiger partial charge in [-0.2, -0.15) is 0 Å². The number of nitro benzene ring substituents is 1. The third-order valence-electron chi connectivity index (χ3n) is 4.08. The number of ether oxygens (including phenoxy) is 1. The Labute approximate surface area is 148 Å². The number of benzene rings is 1. The zero-order valence-electron chi connectivity index (χ0n) is 12.4. The SMILES string of the molecule is CC1(C)C(C=C(Cl)Cl)C1C(=O)OCc1ccc(Cl)cc1[N+](=O)[O-]. The molecule has 1 aliphatic rings. The second kappa shape index (κ2) is 6.67. The summed E-state index contributed by atoms with van der Waals surface area (Å²) in [5.74, 6) is -0.920. The highest BCUT2D eigenvalue weighted by Crippen LogP contribution is 2.60. The molecule has 0 heterocycles. The third kappa shape index (κ3) is 3.97. The maximum atomic E-state index is 12.2. The van der Waals surface area contributed by atoms with Crippen molar-refractivity contribution in [2.75, 3.05) is 0 Å². The standard InChI is InChI=1S/C15H14Cl3NO4/c1-15(2)10(6-12(17)18)13(15)14(20)23-7-8-3-4-9(16)5-11(8)19(21)22/h3-6,10,13H,7H2,1-2H3. The van der Waals surface area contributed by atoms with Crippen LogP contribution < -0.4 is 0 Å². The second-order valence-electron chi connectivity index (χ2n) is 5.92. The molecular weight excluding hydrogens is 365 g/mol. The molecule has 5 nitrogen and oxygen atoms in total. The van der Waals surface area contributed by atoms with Gasteiger partial charge in [0.2, 0.25) is 0 Å². The van der Waals surface area contributed by atoms with E-state index in [0.29, 0.717) is 0 Å². The topological polar surface area (TPSA) is 69.4 Å². The minimum atomic E-state index is -0.561. The number of allylic oxidation sites excluding steroid dienone is 1.